The van der Waals surface area contributed by atoms with Crippen LogP contribution in [0.2, 0.25) is 0 Å². The molecule has 2 aromatic carbocycles. The van der Waals surface area contributed by atoms with Crippen molar-refractivity contribution in [2.75, 3.05) is 39.3 Å². The summed E-state index contributed by atoms with van der Waals surface area (Å²) in [6, 6.07) is 21.9. The van der Waals surface area contributed by atoms with Gasteiger partial charge in [-0.25, -0.2) is 0 Å². The van der Waals surface area contributed by atoms with Crippen LogP contribution in [-0.4, -0.2) is 49.1 Å². The molecular formula is C22H29N3. The van der Waals surface area contributed by atoms with E-state index in [2.05, 4.69) is 75.8 Å². The average Bonchev–Trinajstić information content (AvgIpc) is 3.02. The van der Waals surface area contributed by atoms with Crippen molar-refractivity contribution < 1.29 is 0 Å². The van der Waals surface area contributed by atoms with E-state index in [4.69, 9.17) is 0 Å². The van der Waals surface area contributed by atoms with Gasteiger partial charge in [0.05, 0.1) is 0 Å². The quantitative estimate of drug-likeness (QED) is 0.927. The van der Waals surface area contributed by atoms with Gasteiger partial charge in [-0.2, -0.15) is 0 Å². The molecule has 0 amide bonds. The van der Waals surface area contributed by atoms with Gasteiger partial charge in [-0.15, -0.1) is 0 Å². The van der Waals surface area contributed by atoms with E-state index in [0.717, 1.165) is 32.7 Å². The maximum Gasteiger partial charge on any atom is 0.0234 e. The summed E-state index contributed by atoms with van der Waals surface area (Å²) in [6.45, 7) is 9.19. The van der Waals surface area contributed by atoms with E-state index in [1.165, 1.54) is 37.2 Å². The van der Waals surface area contributed by atoms with Gasteiger partial charge in [0.2, 0.25) is 0 Å². The Morgan fingerprint density at radius 2 is 1.28 bits per heavy atom. The standard InChI is InChI=1S/C22H29N3/c1-3-7-20(8-4-1)15-24-13-14-25(16-21-9-5-2-6-10-21)19-22(18-24)11-12-23-17-22/h1-10,23H,11-19H2. The van der Waals surface area contributed by atoms with Crippen LogP contribution in [-0.2, 0) is 13.1 Å². The molecule has 2 aliphatic heterocycles. The normalized spacial score (nSPS) is 21.4. The molecule has 132 valence electrons. The minimum absolute atomic E-state index is 0.403. The van der Waals surface area contributed by atoms with Crippen molar-refractivity contribution in [1.82, 2.24) is 15.1 Å². The molecule has 3 heteroatoms. The summed E-state index contributed by atoms with van der Waals surface area (Å²) in [6.07, 6.45) is 1.30. The maximum absolute atomic E-state index is 3.63. The van der Waals surface area contributed by atoms with Gasteiger partial charge in [-0.3, -0.25) is 9.80 Å². The molecule has 25 heavy (non-hydrogen) atoms. The lowest BCUT2D eigenvalue weighted by atomic mass is 9.86. The fraction of sp³-hybridized carbons (Fsp3) is 0.455. The van der Waals surface area contributed by atoms with Crippen LogP contribution < -0.4 is 5.32 Å². The van der Waals surface area contributed by atoms with Gasteiger partial charge in [-0.05, 0) is 24.1 Å². The molecule has 2 heterocycles. The topological polar surface area (TPSA) is 18.5 Å². The molecule has 0 atom stereocenters. The fourth-order valence-electron chi connectivity index (χ4n) is 4.46. The molecule has 2 saturated heterocycles. The lowest BCUT2D eigenvalue weighted by Crippen LogP contribution is -2.42. The number of benzene rings is 2. The van der Waals surface area contributed by atoms with E-state index in [1.54, 1.807) is 0 Å². The zero-order valence-electron chi connectivity index (χ0n) is 15.0. The van der Waals surface area contributed by atoms with E-state index in [9.17, 15) is 0 Å². The van der Waals surface area contributed by atoms with Crippen LogP contribution in [0.3, 0.4) is 0 Å². The molecule has 2 aromatic rings. The summed E-state index contributed by atoms with van der Waals surface area (Å²) in [5.41, 5.74) is 3.26. The second kappa shape index (κ2) is 7.69. The molecule has 2 aliphatic rings. The van der Waals surface area contributed by atoms with E-state index in [0.29, 0.717) is 5.41 Å². The van der Waals surface area contributed by atoms with Gasteiger partial charge in [0, 0.05) is 51.2 Å². The van der Waals surface area contributed by atoms with Gasteiger partial charge in [0.1, 0.15) is 0 Å². The minimum atomic E-state index is 0.403. The molecule has 2 fully saturated rings. The predicted octanol–water partition coefficient (Wildman–Crippen LogP) is 2.98. The Bertz CT molecular complexity index is 596. The first-order valence-corrected chi connectivity index (χ1v) is 9.55. The lowest BCUT2D eigenvalue weighted by molar-refractivity contribution is 0.159. The summed E-state index contributed by atoms with van der Waals surface area (Å²) < 4.78 is 0. The largest absolute Gasteiger partial charge is 0.316 e. The Morgan fingerprint density at radius 1 is 0.760 bits per heavy atom. The van der Waals surface area contributed by atoms with Gasteiger partial charge in [0.15, 0.2) is 0 Å². The second-order valence-corrected chi connectivity index (χ2v) is 7.82. The number of hydrogen-bond donors (Lipinski definition) is 1. The van der Waals surface area contributed by atoms with Crippen molar-refractivity contribution in [3.05, 3.63) is 71.8 Å². The van der Waals surface area contributed by atoms with Crippen molar-refractivity contribution in [1.29, 1.82) is 0 Å². The molecule has 0 bridgehead atoms. The first-order chi connectivity index (χ1) is 12.3. The molecule has 4 rings (SSSR count). The highest BCUT2D eigenvalue weighted by Gasteiger charge is 2.39. The van der Waals surface area contributed by atoms with Crippen LogP contribution in [0.15, 0.2) is 60.7 Å². The van der Waals surface area contributed by atoms with Crippen LogP contribution in [0.1, 0.15) is 17.5 Å². The van der Waals surface area contributed by atoms with Gasteiger partial charge < -0.3 is 5.32 Å². The average molecular weight is 335 g/mol. The van der Waals surface area contributed by atoms with E-state index < -0.39 is 0 Å². The first kappa shape index (κ1) is 16.8. The van der Waals surface area contributed by atoms with Crippen LogP contribution in [0.4, 0.5) is 0 Å². The first-order valence-electron chi connectivity index (χ1n) is 9.55. The summed E-state index contributed by atoms with van der Waals surface area (Å²) in [7, 11) is 0. The van der Waals surface area contributed by atoms with Crippen LogP contribution in [0.25, 0.3) is 0 Å². The van der Waals surface area contributed by atoms with E-state index in [1.807, 2.05) is 0 Å². The SMILES string of the molecule is c1ccc(CN2CCN(Cc3ccccc3)CC3(CCNC3)C2)cc1. The minimum Gasteiger partial charge on any atom is -0.316 e. The summed E-state index contributed by atoms with van der Waals surface area (Å²) in [5.74, 6) is 0. The summed E-state index contributed by atoms with van der Waals surface area (Å²) in [4.78, 5) is 5.35. The highest BCUT2D eigenvalue weighted by Crippen LogP contribution is 2.31. The highest BCUT2D eigenvalue weighted by molar-refractivity contribution is 5.16. The number of nitrogens with zero attached hydrogens (tertiary/aromatic N) is 2. The van der Waals surface area contributed by atoms with Crippen molar-refractivity contribution in [2.24, 2.45) is 5.41 Å². The second-order valence-electron chi connectivity index (χ2n) is 7.82. The monoisotopic (exact) mass is 335 g/mol. The number of hydrogen-bond acceptors (Lipinski definition) is 3. The zero-order valence-corrected chi connectivity index (χ0v) is 15.0. The molecule has 0 aromatic heterocycles. The van der Waals surface area contributed by atoms with E-state index in [-0.39, 0.29) is 0 Å². The lowest BCUT2D eigenvalue weighted by Gasteiger charge is -2.33. The third-order valence-corrected chi connectivity index (χ3v) is 5.68. The third-order valence-electron chi connectivity index (χ3n) is 5.68. The molecule has 0 unspecified atom stereocenters. The zero-order chi connectivity index (χ0) is 17.0. The Balaban J connectivity index is 1.48. The number of rotatable bonds is 4. The third kappa shape index (κ3) is 4.30. The van der Waals surface area contributed by atoms with E-state index >= 15 is 0 Å². The fourth-order valence-corrected chi connectivity index (χ4v) is 4.46. The Hall–Kier alpha value is -1.68. The smallest absolute Gasteiger partial charge is 0.0234 e. The van der Waals surface area contributed by atoms with Gasteiger partial charge >= 0.3 is 0 Å². The van der Waals surface area contributed by atoms with Gasteiger partial charge in [0.25, 0.3) is 0 Å². The molecule has 1 N–H and O–H groups in total. The summed E-state index contributed by atoms with van der Waals surface area (Å²) >= 11 is 0. The van der Waals surface area contributed by atoms with Crippen LogP contribution in [0, 0.1) is 5.41 Å². The Morgan fingerprint density at radius 3 is 1.72 bits per heavy atom. The highest BCUT2D eigenvalue weighted by atomic mass is 15.2. The molecule has 0 radical (unpaired) electrons. The van der Waals surface area contributed by atoms with Crippen LogP contribution in [0.5, 0.6) is 0 Å². The van der Waals surface area contributed by atoms with Crippen molar-refractivity contribution >= 4 is 0 Å². The van der Waals surface area contributed by atoms with Gasteiger partial charge in [-0.1, -0.05) is 60.7 Å². The predicted molar refractivity (Wildman–Crippen MR) is 103 cm³/mol. The summed E-state index contributed by atoms with van der Waals surface area (Å²) in [5, 5.41) is 3.63. The number of nitrogens with one attached hydrogen (secondary N) is 1. The molecule has 0 aliphatic carbocycles. The Kier molecular flexibility index (Phi) is 5.16. The molecular weight excluding hydrogens is 306 g/mol. The van der Waals surface area contributed by atoms with Crippen molar-refractivity contribution in [3.63, 3.8) is 0 Å². The molecule has 1 spiro atoms. The molecule has 3 nitrogen and oxygen atoms in total. The Labute approximate surface area is 151 Å². The maximum atomic E-state index is 3.63. The van der Waals surface area contributed by atoms with Crippen molar-refractivity contribution in [3.8, 4) is 0 Å². The van der Waals surface area contributed by atoms with Crippen LogP contribution >= 0.6 is 0 Å². The molecule has 0 saturated carbocycles. The van der Waals surface area contributed by atoms with Crippen molar-refractivity contribution in [2.45, 2.75) is 19.5 Å².